The molecule has 22 heavy (non-hydrogen) atoms. The normalized spacial score (nSPS) is 11.3. The predicted molar refractivity (Wildman–Crippen MR) is 83.7 cm³/mol. The van der Waals surface area contributed by atoms with Crippen molar-refractivity contribution in [1.82, 2.24) is 5.16 Å². The predicted octanol–water partition coefficient (Wildman–Crippen LogP) is 3.82. The first-order valence-electron chi connectivity index (χ1n) is 6.71. The molecule has 7 heteroatoms. The van der Waals surface area contributed by atoms with Gasteiger partial charge in [-0.15, -0.1) is 0 Å². The molecule has 5 nitrogen and oxygen atoms in total. The molecule has 0 bridgehead atoms. The Morgan fingerprint density at radius 1 is 1.36 bits per heavy atom. The van der Waals surface area contributed by atoms with Crippen molar-refractivity contribution in [2.24, 2.45) is 0 Å². The maximum atomic E-state index is 13.5. The Morgan fingerprint density at radius 2 is 2.09 bits per heavy atom. The fourth-order valence-corrected chi connectivity index (χ4v) is 1.85. The highest BCUT2D eigenvalue weighted by molar-refractivity contribution is 6.30. The lowest BCUT2D eigenvalue weighted by molar-refractivity contribution is -0.114. The molecule has 1 aromatic carbocycles. The summed E-state index contributed by atoms with van der Waals surface area (Å²) in [5.74, 6) is -0.605. The van der Waals surface area contributed by atoms with E-state index in [0.717, 1.165) is 5.69 Å². The second-order valence-corrected chi connectivity index (χ2v) is 6.29. The average molecular weight is 326 g/mol. The molecular weight excluding hydrogens is 309 g/mol. The highest BCUT2D eigenvalue weighted by Crippen LogP contribution is 2.23. The van der Waals surface area contributed by atoms with Crippen molar-refractivity contribution < 1.29 is 13.7 Å². The lowest BCUT2D eigenvalue weighted by Crippen LogP contribution is -2.22. The van der Waals surface area contributed by atoms with Gasteiger partial charge in [-0.25, -0.2) is 4.39 Å². The van der Waals surface area contributed by atoms with E-state index in [2.05, 4.69) is 15.8 Å². The Balaban J connectivity index is 1.93. The van der Waals surface area contributed by atoms with Crippen LogP contribution in [0.15, 0.2) is 28.8 Å². The molecule has 0 aliphatic carbocycles. The third kappa shape index (κ3) is 4.21. The Labute approximate surface area is 132 Å². The van der Waals surface area contributed by atoms with Crippen LogP contribution in [-0.4, -0.2) is 17.6 Å². The molecular formula is C15H17ClFN3O2. The highest BCUT2D eigenvalue weighted by atomic mass is 35.5. The van der Waals surface area contributed by atoms with Gasteiger partial charge in [-0.2, -0.15) is 0 Å². The smallest absolute Gasteiger partial charge is 0.246 e. The summed E-state index contributed by atoms with van der Waals surface area (Å²) >= 11 is 5.78. The maximum Gasteiger partial charge on any atom is 0.246 e. The van der Waals surface area contributed by atoms with E-state index in [1.807, 2.05) is 20.8 Å². The number of benzene rings is 1. The van der Waals surface area contributed by atoms with Crippen molar-refractivity contribution in [2.45, 2.75) is 26.2 Å². The van der Waals surface area contributed by atoms with Crippen molar-refractivity contribution in [3.05, 3.63) is 40.8 Å². The van der Waals surface area contributed by atoms with Gasteiger partial charge >= 0.3 is 0 Å². The zero-order valence-electron chi connectivity index (χ0n) is 12.5. The summed E-state index contributed by atoms with van der Waals surface area (Å²) in [6.45, 7) is 5.84. The number of aromatic nitrogens is 1. The fourth-order valence-electron chi connectivity index (χ4n) is 1.68. The van der Waals surface area contributed by atoms with Crippen LogP contribution >= 0.6 is 11.6 Å². The summed E-state index contributed by atoms with van der Waals surface area (Å²) in [5, 5.41) is 9.51. The van der Waals surface area contributed by atoms with E-state index in [-0.39, 0.29) is 29.4 Å². The van der Waals surface area contributed by atoms with Gasteiger partial charge in [0, 0.05) is 16.5 Å². The van der Waals surface area contributed by atoms with Gasteiger partial charge in [0.05, 0.1) is 17.9 Å². The average Bonchev–Trinajstić information content (AvgIpc) is 2.88. The number of amides is 1. The second-order valence-electron chi connectivity index (χ2n) is 5.85. The first-order chi connectivity index (χ1) is 10.3. The van der Waals surface area contributed by atoms with Crippen molar-refractivity contribution in [2.75, 3.05) is 17.2 Å². The number of halogens is 2. The molecule has 118 valence electrons. The van der Waals surface area contributed by atoms with Gasteiger partial charge in [-0.1, -0.05) is 37.5 Å². The van der Waals surface area contributed by atoms with Gasteiger partial charge < -0.3 is 9.84 Å². The second kappa shape index (κ2) is 6.36. The van der Waals surface area contributed by atoms with Crippen LogP contribution in [-0.2, 0) is 10.2 Å². The summed E-state index contributed by atoms with van der Waals surface area (Å²) in [4.78, 5) is 11.8. The van der Waals surface area contributed by atoms with Gasteiger partial charge in [0.1, 0.15) is 5.82 Å². The molecule has 2 aromatic rings. The molecule has 2 N–H and O–H groups in total. The number of rotatable bonds is 4. The SMILES string of the molecule is CC(C)(C)c1cc(NC(=O)CNc2cc(Cl)ccc2F)on1. The van der Waals surface area contributed by atoms with Crippen LogP contribution in [0, 0.1) is 5.82 Å². The first-order valence-corrected chi connectivity index (χ1v) is 7.09. The van der Waals surface area contributed by atoms with Crippen LogP contribution in [0.25, 0.3) is 0 Å². The lowest BCUT2D eigenvalue weighted by atomic mass is 9.92. The molecule has 1 amide bonds. The zero-order valence-corrected chi connectivity index (χ0v) is 13.3. The molecule has 0 fully saturated rings. The minimum Gasteiger partial charge on any atom is -0.374 e. The number of anilines is 2. The number of hydrogen-bond donors (Lipinski definition) is 2. The minimum absolute atomic E-state index is 0.122. The maximum absolute atomic E-state index is 13.5. The molecule has 0 spiro atoms. The van der Waals surface area contributed by atoms with Gasteiger partial charge in [0.25, 0.3) is 0 Å². The molecule has 0 radical (unpaired) electrons. The van der Waals surface area contributed by atoms with E-state index in [0.29, 0.717) is 5.02 Å². The van der Waals surface area contributed by atoms with E-state index in [9.17, 15) is 9.18 Å². The number of carbonyl (C=O) groups excluding carboxylic acids is 1. The molecule has 0 unspecified atom stereocenters. The quantitative estimate of drug-likeness (QED) is 0.897. The third-order valence-electron chi connectivity index (χ3n) is 2.91. The van der Waals surface area contributed by atoms with Crippen LogP contribution < -0.4 is 10.6 Å². The van der Waals surface area contributed by atoms with Crippen LogP contribution in [0.1, 0.15) is 26.5 Å². The topological polar surface area (TPSA) is 67.2 Å². The van der Waals surface area contributed by atoms with Gasteiger partial charge in [-0.3, -0.25) is 10.1 Å². The van der Waals surface area contributed by atoms with Crippen molar-refractivity contribution in [3.63, 3.8) is 0 Å². The first kappa shape index (κ1) is 16.3. The van der Waals surface area contributed by atoms with Crippen molar-refractivity contribution >= 4 is 29.1 Å². The summed E-state index contributed by atoms with van der Waals surface area (Å²) in [6, 6.07) is 5.74. The highest BCUT2D eigenvalue weighted by Gasteiger charge is 2.19. The third-order valence-corrected chi connectivity index (χ3v) is 3.14. The summed E-state index contributed by atoms with van der Waals surface area (Å²) in [7, 11) is 0. The fraction of sp³-hybridized carbons (Fsp3) is 0.333. The molecule has 0 atom stereocenters. The largest absolute Gasteiger partial charge is 0.374 e. The molecule has 0 saturated heterocycles. The van der Waals surface area contributed by atoms with Gasteiger partial charge in [-0.05, 0) is 18.2 Å². The summed E-state index contributed by atoms with van der Waals surface area (Å²) in [5.41, 5.74) is 0.724. The molecule has 2 rings (SSSR count). The number of carbonyl (C=O) groups is 1. The molecule has 0 saturated carbocycles. The van der Waals surface area contributed by atoms with Crippen molar-refractivity contribution in [3.8, 4) is 0 Å². The number of nitrogens with one attached hydrogen (secondary N) is 2. The minimum atomic E-state index is -0.480. The molecule has 0 aliphatic heterocycles. The molecule has 0 aliphatic rings. The van der Waals surface area contributed by atoms with E-state index in [1.165, 1.54) is 18.2 Å². The van der Waals surface area contributed by atoms with Crippen LogP contribution in [0.4, 0.5) is 16.0 Å². The lowest BCUT2D eigenvalue weighted by Gasteiger charge is -2.12. The molecule has 1 heterocycles. The Bertz CT molecular complexity index is 680. The summed E-state index contributed by atoms with van der Waals surface area (Å²) in [6.07, 6.45) is 0. The standard InChI is InChI=1S/C15H17ClFN3O2/c1-15(2,3)12-7-14(22-20-12)19-13(21)8-18-11-6-9(16)4-5-10(11)17/h4-7,18H,8H2,1-3H3,(H,19,21). The van der Waals surface area contributed by atoms with E-state index in [4.69, 9.17) is 16.1 Å². The van der Waals surface area contributed by atoms with Crippen LogP contribution in [0.3, 0.4) is 0 Å². The van der Waals surface area contributed by atoms with E-state index < -0.39 is 5.82 Å². The van der Waals surface area contributed by atoms with Crippen molar-refractivity contribution in [1.29, 1.82) is 0 Å². The van der Waals surface area contributed by atoms with E-state index in [1.54, 1.807) is 6.07 Å². The Hall–Kier alpha value is -2.08. The zero-order chi connectivity index (χ0) is 16.3. The molecule has 1 aromatic heterocycles. The monoisotopic (exact) mass is 325 g/mol. The summed E-state index contributed by atoms with van der Waals surface area (Å²) < 4.78 is 18.6. The van der Waals surface area contributed by atoms with Gasteiger partial charge in [0.2, 0.25) is 11.8 Å². The Kier molecular flexibility index (Phi) is 4.71. The van der Waals surface area contributed by atoms with Crippen LogP contribution in [0.5, 0.6) is 0 Å². The number of nitrogens with zero attached hydrogens (tertiary/aromatic N) is 1. The number of hydrogen-bond acceptors (Lipinski definition) is 4. The van der Waals surface area contributed by atoms with Gasteiger partial charge in [0.15, 0.2) is 0 Å². The Morgan fingerprint density at radius 3 is 2.73 bits per heavy atom. The van der Waals surface area contributed by atoms with Crippen LogP contribution in [0.2, 0.25) is 5.02 Å². The van der Waals surface area contributed by atoms with E-state index >= 15 is 0 Å².